The van der Waals surface area contributed by atoms with E-state index in [0.717, 1.165) is 43.1 Å². The Morgan fingerprint density at radius 2 is 1.83 bits per heavy atom. The van der Waals surface area contributed by atoms with Gasteiger partial charge in [-0.1, -0.05) is 35.9 Å². The second-order valence-corrected chi connectivity index (χ2v) is 8.68. The van der Waals surface area contributed by atoms with Crippen molar-refractivity contribution >= 4 is 35.6 Å². The molecule has 2 saturated heterocycles. The summed E-state index contributed by atoms with van der Waals surface area (Å²) in [6.07, 6.45) is 5.26. The van der Waals surface area contributed by atoms with E-state index in [4.69, 9.17) is 11.6 Å². The summed E-state index contributed by atoms with van der Waals surface area (Å²) in [5.74, 6) is 0.183. The van der Waals surface area contributed by atoms with Gasteiger partial charge in [0.15, 0.2) is 0 Å². The number of anilines is 1. The van der Waals surface area contributed by atoms with Crippen molar-refractivity contribution in [1.29, 1.82) is 0 Å². The van der Waals surface area contributed by atoms with Crippen LogP contribution in [0.1, 0.15) is 42.9 Å². The Balaban J connectivity index is 0.00000205. The molecule has 0 radical (unpaired) electrons. The van der Waals surface area contributed by atoms with Gasteiger partial charge >= 0.3 is 0 Å². The van der Waals surface area contributed by atoms with Crippen molar-refractivity contribution in [2.24, 2.45) is 0 Å². The number of nitrogens with zero attached hydrogens (tertiary/aromatic N) is 2. The second-order valence-electron chi connectivity index (χ2n) is 8.25. The van der Waals surface area contributed by atoms with E-state index in [1.54, 1.807) is 0 Å². The molecule has 1 N–H and O–H groups in total. The first kappa shape index (κ1) is 20.5. The number of halogens is 2. The van der Waals surface area contributed by atoms with Crippen molar-refractivity contribution in [2.75, 3.05) is 24.7 Å². The van der Waals surface area contributed by atoms with Gasteiger partial charge in [-0.2, -0.15) is 0 Å². The molecule has 154 valence electrons. The molecule has 2 aliphatic heterocycles. The third-order valence-corrected chi connectivity index (χ3v) is 7.10. The summed E-state index contributed by atoms with van der Waals surface area (Å²) in [5, 5.41) is 3.92. The van der Waals surface area contributed by atoms with E-state index in [1.807, 2.05) is 24.3 Å². The Morgan fingerprint density at radius 1 is 1.07 bits per heavy atom. The van der Waals surface area contributed by atoms with Gasteiger partial charge in [-0.3, -0.25) is 9.69 Å². The minimum Gasteiger partial charge on any atom is -0.339 e. The molecule has 1 unspecified atom stereocenters. The summed E-state index contributed by atoms with van der Waals surface area (Å²) in [5.41, 5.74) is 3.55. The van der Waals surface area contributed by atoms with Crippen LogP contribution in [0.15, 0.2) is 48.5 Å². The third kappa shape index (κ3) is 3.52. The van der Waals surface area contributed by atoms with E-state index < -0.39 is 5.54 Å². The second kappa shape index (κ2) is 8.17. The molecular formula is C23H27Cl2N3O. The topological polar surface area (TPSA) is 35.6 Å². The quantitative estimate of drug-likeness (QED) is 0.756. The standard InChI is InChI=1S/C23H26ClN3O.ClH/c24-18-10-9-17-5-4-8-21(20(17)15-18)26-13-11-23(12-14-26)22(28)25-16-27(23)19-6-2-1-3-7-19;/h1-3,6-7,9-10,15,21H,4-5,8,11-14,16H2,(H,25,28);1H. The number of nitrogens with one attached hydrogen (secondary N) is 1. The zero-order valence-electron chi connectivity index (χ0n) is 16.4. The number of carbonyl (C=O) groups excluding carboxylic acids is 1. The molecule has 2 aromatic rings. The summed E-state index contributed by atoms with van der Waals surface area (Å²) in [6, 6.07) is 17.1. The summed E-state index contributed by atoms with van der Waals surface area (Å²) in [7, 11) is 0. The molecule has 1 aliphatic carbocycles. The summed E-state index contributed by atoms with van der Waals surface area (Å²) in [6.45, 7) is 2.48. The van der Waals surface area contributed by atoms with E-state index in [0.29, 0.717) is 12.7 Å². The normalized spacial score (nSPS) is 23.4. The van der Waals surface area contributed by atoms with E-state index in [2.05, 4.69) is 39.4 Å². The highest BCUT2D eigenvalue weighted by atomic mass is 35.5. The molecule has 6 heteroatoms. The van der Waals surface area contributed by atoms with Gasteiger partial charge in [0.05, 0.1) is 6.67 Å². The number of aryl methyl sites for hydroxylation is 1. The number of fused-ring (bicyclic) bond motifs is 1. The third-order valence-electron chi connectivity index (χ3n) is 6.86. The molecule has 0 aromatic heterocycles. The Morgan fingerprint density at radius 3 is 2.59 bits per heavy atom. The number of carbonyl (C=O) groups is 1. The lowest BCUT2D eigenvalue weighted by molar-refractivity contribution is -0.125. The fourth-order valence-corrected chi connectivity index (χ4v) is 5.54. The fraction of sp³-hybridized carbons (Fsp3) is 0.435. The van der Waals surface area contributed by atoms with Gasteiger partial charge in [-0.15, -0.1) is 12.4 Å². The maximum Gasteiger partial charge on any atom is 0.247 e. The van der Waals surface area contributed by atoms with Crippen molar-refractivity contribution in [2.45, 2.75) is 43.7 Å². The lowest BCUT2D eigenvalue weighted by Crippen LogP contribution is -2.57. The monoisotopic (exact) mass is 431 g/mol. The minimum absolute atomic E-state index is 0. The van der Waals surface area contributed by atoms with Gasteiger partial charge in [0.2, 0.25) is 5.91 Å². The van der Waals surface area contributed by atoms with Crippen LogP contribution in [0, 0.1) is 0 Å². The zero-order valence-corrected chi connectivity index (χ0v) is 18.0. The first-order valence-electron chi connectivity index (χ1n) is 10.3. The Hall–Kier alpha value is -1.75. The first-order valence-corrected chi connectivity index (χ1v) is 10.7. The van der Waals surface area contributed by atoms with Crippen LogP contribution >= 0.6 is 24.0 Å². The number of piperidine rings is 1. The zero-order chi connectivity index (χ0) is 19.1. The van der Waals surface area contributed by atoms with Crippen molar-refractivity contribution in [3.63, 3.8) is 0 Å². The smallest absolute Gasteiger partial charge is 0.247 e. The summed E-state index contributed by atoms with van der Waals surface area (Å²) in [4.78, 5) is 17.7. The number of benzene rings is 2. The van der Waals surface area contributed by atoms with Crippen molar-refractivity contribution in [3.8, 4) is 0 Å². The lowest BCUT2D eigenvalue weighted by atomic mass is 9.82. The van der Waals surface area contributed by atoms with Gasteiger partial charge in [0.1, 0.15) is 5.54 Å². The van der Waals surface area contributed by atoms with Crippen molar-refractivity contribution < 1.29 is 4.79 Å². The number of rotatable bonds is 2. The van der Waals surface area contributed by atoms with E-state index in [1.165, 1.54) is 24.0 Å². The molecule has 3 aliphatic rings. The molecule has 1 amide bonds. The fourth-order valence-electron chi connectivity index (χ4n) is 5.36. The molecule has 2 heterocycles. The van der Waals surface area contributed by atoms with Crippen LogP contribution in [-0.4, -0.2) is 36.1 Å². The predicted octanol–water partition coefficient (Wildman–Crippen LogP) is 4.57. The highest BCUT2D eigenvalue weighted by Gasteiger charge is 2.51. The molecule has 2 aromatic carbocycles. The number of likely N-dealkylation sites (tertiary alicyclic amines) is 1. The van der Waals surface area contributed by atoms with Gasteiger partial charge in [-0.25, -0.2) is 0 Å². The summed E-state index contributed by atoms with van der Waals surface area (Å²) < 4.78 is 0. The maximum atomic E-state index is 12.9. The molecule has 1 spiro atoms. The number of hydrogen-bond acceptors (Lipinski definition) is 3. The van der Waals surface area contributed by atoms with Gasteiger partial charge in [-0.05, 0) is 67.5 Å². The molecule has 2 fully saturated rings. The maximum absolute atomic E-state index is 12.9. The molecule has 0 bridgehead atoms. The highest BCUT2D eigenvalue weighted by Crippen LogP contribution is 2.41. The summed E-state index contributed by atoms with van der Waals surface area (Å²) >= 11 is 6.31. The van der Waals surface area contributed by atoms with E-state index in [-0.39, 0.29) is 18.3 Å². The molecular weight excluding hydrogens is 405 g/mol. The van der Waals surface area contributed by atoms with Crippen LogP contribution in [0.5, 0.6) is 0 Å². The van der Waals surface area contributed by atoms with Crippen LogP contribution in [0.25, 0.3) is 0 Å². The molecule has 29 heavy (non-hydrogen) atoms. The Kier molecular flexibility index (Phi) is 5.78. The average molecular weight is 432 g/mol. The van der Waals surface area contributed by atoms with E-state index >= 15 is 0 Å². The molecule has 5 rings (SSSR count). The van der Waals surface area contributed by atoms with Crippen LogP contribution in [-0.2, 0) is 11.2 Å². The van der Waals surface area contributed by atoms with Crippen LogP contribution < -0.4 is 10.2 Å². The lowest BCUT2D eigenvalue weighted by Gasteiger charge is -2.46. The Labute approximate surface area is 183 Å². The van der Waals surface area contributed by atoms with Crippen LogP contribution in [0.2, 0.25) is 5.02 Å². The molecule has 1 atom stereocenters. The predicted molar refractivity (Wildman–Crippen MR) is 120 cm³/mol. The minimum atomic E-state index is -0.413. The van der Waals surface area contributed by atoms with Gasteiger partial charge in [0, 0.05) is 29.8 Å². The van der Waals surface area contributed by atoms with Crippen LogP contribution in [0.3, 0.4) is 0 Å². The largest absolute Gasteiger partial charge is 0.339 e. The number of para-hydroxylation sites is 1. The highest BCUT2D eigenvalue weighted by molar-refractivity contribution is 6.30. The SMILES string of the molecule is Cl.O=C1NCN(c2ccccc2)C12CCN(C1CCCc3ccc(Cl)cc31)CC2. The van der Waals surface area contributed by atoms with E-state index in [9.17, 15) is 4.79 Å². The van der Waals surface area contributed by atoms with Gasteiger partial charge in [0.25, 0.3) is 0 Å². The van der Waals surface area contributed by atoms with Gasteiger partial charge < -0.3 is 10.2 Å². The number of hydrogen-bond donors (Lipinski definition) is 1. The first-order chi connectivity index (χ1) is 13.7. The molecule has 0 saturated carbocycles. The van der Waals surface area contributed by atoms with Crippen molar-refractivity contribution in [3.05, 3.63) is 64.7 Å². The van der Waals surface area contributed by atoms with Crippen LogP contribution in [0.4, 0.5) is 5.69 Å². The molecule has 4 nitrogen and oxygen atoms in total. The Bertz CT molecular complexity index is 881. The number of amides is 1. The average Bonchev–Trinajstić information content (AvgIpc) is 3.04. The van der Waals surface area contributed by atoms with Crippen molar-refractivity contribution in [1.82, 2.24) is 10.2 Å².